The molecule has 1 amide bonds. The Labute approximate surface area is 166 Å². The first-order valence-corrected chi connectivity index (χ1v) is 10.3. The molecule has 0 spiro atoms. The van der Waals surface area contributed by atoms with E-state index in [1.54, 1.807) is 18.4 Å². The highest BCUT2D eigenvalue weighted by molar-refractivity contribution is 7.07. The van der Waals surface area contributed by atoms with Crippen molar-refractivity contribution in [2.75, 3.05) is 46.9 Å². The summed E-state index contributed by atoms with van der Waals surface area (Å²) in [5.41, 5.74) is 3.69. The van der Waals surface area contributed by atoms with Crippen molar-refractivity contribution >= 4 is 17.2 Å². The normalized spacial score (nSPS) is 15.7. The lowest BCUT2D eigenvalue weighted by atomic mass is 10.1. The van der Waals surface area contributed by atoms with Crippen molar-refractivity contribution in [2.24, 2.45) is 0 Å². The average Bonchev–Trinajstić information content (AvgIpc) is 3.16. The van der Waals surface area contributed by atoms with E-state index < -0.39 is 0 Å². The molecule has 1 fully saturated rings. The van der Waals surface area contributed by atoms with E-state index in [1.165, 1.54) is 16.7 Å². The maximum Gasteiger partial charge on any atom is 0.236 e. The summed E-state index contributed by atoms with van der Waals surface area (Å²) in [4.78, 5) is 19.0. The zero-order chi connectivity index (χ0) is 19.2. The van der Waals surface area contributed by atoms with E-state index >= 15 is 0 Å². The Balaban J connectivity index is 1.46. The molecule has 5 nitrogen and oxygen atoms in total. The van der Waals surface area contributed by atoms with Gasteiger partial charge in [0, 0.05) is 51.9 Å². The summed E-state index contributed by atoms with van der Waals surface area (Å²) in [5.74, 6) is 1.14. The van der Waals surface area contributed by atoms with Crippen molar-refractivity contribution in [3.63, 3.8) is 0 Å². The molecule has 6 heteroatoms. The van der Waals surface area contributed by atoms with Crippen molar-refractivity contribution in [3.8, 4) is 5.75 Å². The number of hydrogen-bond acceptors (Lipinski definition) is 5. The lowest BCUT2D eigenvalue weighted by molar-refractivity contribution is -0.132. The van der Waals surface area contributed by atoms with Crippen molar-refractivity contribution in [3.05, 3.63) is 51.7 Å². The number of carbonyl (C=O) groups excluding carboxylic acids is 1. The molecule has 1 aliphatic rings. The molecule has 1 aliphatic heterocycles. The van der Waals surface area contributed by atoms with E-state index in [4.69, 9.17) is 4.74 Å². The first kappa shape index (κ1) is 19.9. The summed E-state index contributed by atoms with van der Waals surface area (Å²) >= 11 is 1.67. The summed E-state index contributed by atoms with van der Waals surface area (Å²) < 4.78 is 5.50. The van der Waals surface area contributed by atoms with Crippen molar-refractivity contribution in [2.45, 2.75) is 20.0 Å². The predicted molar refractivity (Wildman–Crippen MR) is 110 cm³/mol. The smallest absolute Gasteiger partial charge is 0.236 e. The van der Waals surface area contributed by atoms with Crippen LogP contribution in [0.25, 0.3) is 0 Å². The number of rotatable bonds is 7. The molecule has 0 saturated carbocycles. The van der Waals surface area contributed by atoms with E-state index in [0.29, 0.717) is 13.1 Å². The molecule has 1 aromatic carbocycles. The molecule has 0 N–H and O–H groups in total. The monoisotopic (exact) mass is 387 g/mol. The number of amides is 1. The van der Waals surface area contributed by atoms with Crippen molar-refractivity contribution < 1.29 is 9.53 Å². The highest BCUT2D eigenvalue weighted by atomic mass is 32.1. The number of benzene rings is 1. The van der Waals surface area contributed by atoms with Crippen LogP contribution in [0.4, 0.5) is 0 Å². The van der Waals surface area contributed by atoms with Crippen LogP contribution in [-0.2, 0) is 17.9 Å². The number of aryl methyl sites for hydroxylation is 1. The van der Waals surface area contributed by atoms with Gasteiger partial charge in [-0.15, -0.1) is 0 Å². The lowest BCUT2D eigenvalue weighted by Gasteiger charge is -2.35. The minimum atomic E-state index is 0.190. The molecule has 0 bridgehead atoms. The second-order valence-corrected chi connectivity index (χ2v) is 8.03. The van der Waals surface area contributed by atoms with E-state index in [2.05, 4.69) is 45.7 Å². The largest absolute Gasteiger partial charge is 0.496 e. The Kier molecular flexibility index (Phi) is 6.88. The van der Waals surface area contributed by atoms with Crippen LogP contribution >= 0.6 is 11.3 Å². The van der Waals surface area contributed by atoms with E-state index in [-0.39, 0.29) is 5.91 Å². The fourth-order valence-corrected chi connectivity index (χ4v) is 4.09. The molecule has 27 heavy (non-hydrogen) atoms. The summed E-state index contributed by atoms with van der Waals surface area (Å²) in [7, 11) is 3.62. The van der Waals surface area contributed by atoms with Crippen LogP contribution in [0, 0.1) is 6.92 Å². The summed E-state index contributed by atoms with van der Waals surface area (Å²) in [6.07, 6.45) is 0. The van der Waals surface area contributed by atoms with Gasteiger partial charge in [0.05, 0.1) is 13.7 Å². The number of methoxy groups -OCH3 is 1. The molecule has 0 atom stereocenters. The van der Waals surface area contributed by atoms with Gasteiger partial charge in [0.2, 0.25) is 5.91 Å². The molecule has 0 unspecified atom stereocenters. The van der Waals surface area contributed by atoms with Gasteiger partial charge in [0.1, 0.15) is 5.75 Å². The predicted octanol–water partition coefficient (Wildman–Crippen LogP) is 2.84. The van der Waals surface area contributed by atoms with Crippen LogP contribution in [-0.4, -0.2) is 67.5 Å². The van der Waals surface area contributed by atoms with Gasteiger partial charge in [-0.05, 0) is 35.4 Å². The summed E-state index contributed by atoms with van der Waals surface area (Å²) in [6, 6.07) is 8.41. The van der Waals surface area contributed by atoms with Gasteiger partial charge >= 0.3 is 0 Å². The number of hydrogen-bond donors (Lipinski definition) is 0. The van der Waals surface area contributed by atoms with Gasteiger partial charge in [0.15, 0.2) is 0 Å². The van der Waals surface area contributed by atoms with Gasteiger partial charge < -0.3 is 9.64 Å². The third kappa shape index (κ3) is 5.54. The standard InChI is InChI=1S/C21H29N3O2S/c1-17-4-5-20(26-3)19(12-17)14-23-7-9-24(10-8-23)15-21(25)22(2)13-18-6-11-27-16-18/h4-6,11-12,16H,7-10,13-15H2,1-3H3. The SMILES string of the molecule is COc1ccc(C)cc1CN1CCN(CC(=O)N(C)Cc2ccsc2)CC1. The molecule has 2 heterocycles. The third-order valence-electron chi connectivity index (χ3n) is 5.08. The Bertz CT molecular complexity index is 740. The number of carbonyl (C=O) groups is 1. The molecule has 1 aromatic heterocycles. The topological polar surface area (TPSA) is 36.0 Å². The fraction of sp³-hybridized carbons (Fsp3) is 0.476. The number of nitrogens with zero attached hydrogens (tertiary/aromatic N) is 3. The highest BCUT2D eigenvalue weighted by Crippen LogP contribution is 2.22. The Morgan fingerprint density at radius 2 is 1.93 bits per heavy atom. The second-order valence-electron chi connectivity index (χ2n) is 7.25. The first-order chi connectivity index (χ1) is 13.0. The van der Waals surface area contributed by atoms with E-state index in [0.717, 1.165) is 38.5 Å². The zero-order valence-electron chi connectivity index (χ0n) is 16.5. The number of ether oxygens (including phenoxy) is 1. The van der Waals surface area contributed by atoms with Crippen LogP contribution < -0.4 is 4.74 Å². The first-order valence-electron chi connectivity index (χ1n) is 9.38. The molecule has 0 aliphatic carbocycles. The van der Waals surface area contributed by atoms with Gasteiger partial charge in [-0.2, -0.15) is 11.3 Å². The highest BCUT2D eigenvalue weighted by Gasteiger charge is 2.21. The van der Waals surface area contributed by atoms with E-state index in [9.17, 15) is 4.79 Å². The van der Waals surface area contributed by atoms with Crippen LogP contribution in [0.3, 0.4) is 0 Å². The van der Waals surface area contributed by atoms with Gasteiger partial charge in [-0.25, -0.2) is 0 Å². The lowest BCUT2D eigenvalue weighted by Crippen LogP contribution is -2.49. The Hall–Kier alpha value is -1.89. The summed E-state index contributed by atoms with van der Waals surface area (Å²) in [5, 5.41) is 4.15. The van der Waals surface area contributed by atoms with Crippen LogP contribution in [0.5, 0.6) is 5.75 Å². The second kappa shape index (κ2) is 9.35. The molecular formula is C21H29N3O2S. The quantitative estimate of drug-likeness (QED) is 0.732. The molecule has 1 saturated heterocycles. The molecule has 2 aromatic rings. The van der Waals surface area contributed by atoms with Gasteiger partial charge in [-0.3, -0.25) is 14.6 Å². The Morgan fingerprint density at radius 3 is 2.59 bits per heavy atom. The molecule has 0 radical (unpaired) electrons. The van der Waals surface area contributed by atoms with Crippen LogP contribution in [0.2, 0.25) is 0 Å². The van der Waals surface area contributed by atoms with Crippen LogP contribution in [0.15, 0.2) is 35.0 Å². The van der Waals surface area contributed by atoms with E-state index in [1.807, 2.05) is 18.0 Å². The number of likely N-dealkylation sites (N-methyl/N-ethyl adjacent to an activating group) is 1. The summed E-state index contributed by atoms with van der Waals surface area (Å²) in [6.45, 7) is 7.98. The third-order valence-corrected chi connectivity index (χ3v) is 5.81. The number of thiophene rings is 1. The van der Waals surface area contributed by atoms with Crippen LogP contribution in [0.1, 0.15) is 16.7 Å². The van der Waals surface area contributed by atoms with Crippen molar-refractivity contribution in [1.82, 2.24) is 14.7 Å². The average molecular weight is 388 g/mol. The molecular weight excluding hydrogens is 358 g/mol. The fourth-order valence-electron chi connectivity index (χ4n) is 3.43. The minimum absolute atomic E-state index is 0.190. The molecule has 3 rings (SSSR count). The maximum atomic E-state index is 12.5. The van der Waals surface area contributed by atoms with Gasteiger partial charge in [-0.1, -0.05) is 17.7 Å². The zero-order valence-corrected chi connectivity index (χ0v) is 17.3. The van der Waals surface area contributed by atoms with Crippen molar-refractivity contribution in [1.29, 1.82) is 0 Å². The van der Waals surface area contributed by atoms with Gasteiger partial charge in [0.25, 0.3) is 0 Å². The minimum Gasteiger partial charge on any atom is -0.496 e. The maximum absolute atomic E-state index is 12.5. The Morgan fingerprint density at radius 1 is 1.19 bits per heavy atom. The number of piperazine rings is 1. The molecule has 146 valence electrons.